The summed E-state index contributed by atoms with van der Waals surface area (Å²) in [6.45, 7) is 19.1. The van der Waals surface area contributed by atoms with Crippen LogP contribution in [0.2, 0.25) is 0 Å². The molecule has 0 fully saturated rings. The number of hydrogen-bond donors (Lipinski definition) is 1. The van der Waals surface area contributed by atoms with Gasteiger partial charge in [-0.15, -0.1) is 11.6 Å². The second-order valence-electron chi connectivity index (χ2n) is 15.0. The van der Waals surface area contributed by atoms with Crippen LogP contribution in [0.5, 0.6) is 5.75 Å². The number of nitrogens with one attached hydrogen (secondary N) is 1. The summed E-state index contributed by atoms with van der Waals surface area (Å²) in [7, 11) is 0. The van der Waals surface area contributed by atoms with Gasteiger partial charge in [-0.3, -0.25) is 19.5 Å². The SMILES string of the molecule is CCC(C)(C)c1ccc(OCC(=O)Nc2ccccc2N2C(=O)C(Cl)C(C(C)(C)C)=Nc3c2ccc2ccccc32)c(C(C)(C)CC)c1. The van der Waals surface area contributed by atoms with Crippen molar-refractivity contribution >= 4 is 62.6 Å². The van der Waals surface area contributed by atoms with Crippen LogP contribution in [0.4, 0.5) is 22.7 Å². The van der Waals surface area contributed by atoms with Crippen molar-refractivity contribution in [2.75, 3.05) is 16.8 Å². The molecular weight excluding hydrogens is 618 g/mol. The van der Waals surface area contributed by atoms with Gasteiger partial charge < -0.3 is 10.1 Å². The Kier molecular flexibility index (Phi) is 9.81. The summed E-state index contributed by atoms with van der Waals surface area (Å²) in [6, 6.07) is 25.4. The number of anilines is 3. The number of carbonyl (C=O) groups is 2. The topological polar surface area (TPSA) is 71.0 Å². The number of benzene rings is 4. The van der Waals surface area contributed by atoms with Crippen LogP contribution in [-0.2, 0) is 20.4 Å². The third-order valence-corrected chi connectivity index (χ3v) is 10.2. The lowest BCUT2D eigenvalue weighted by molar-refractivity contribution is -0.118. The van der Waals surface area contributed by atoms with Crippen molar-refractivity contribution in [3.8, 4) is 5.75 Å². The molecule has 6 nitrogen and oxygen atoms in total. The molecule has 0 aliphatic carbocycles. The number of hydrogen-bond acceptors (Lipinski definition) is 4. The van der Waals surface area contributed by atoms with E-state index >= 15 is 0 Å². The minimum atomic E-state index is -1.01. The zero-order valence-corrected chi connectivity index (χ0v) is 30.5. The molecule has 252 valence electrons. The van der Waals surface area contributed by atoms with Crippen molar-refractivity contribution in [1.82, 2.24) is 0 Å². The predicted molar refractivity (Wildman–Crippen MR) is 201 cm³/mol. The monoisotopic (exact) mass is 665 g/mol. The van der Waals surface area contributed by atoms with Gasteiger partial charge in [0, 0.05) is 16.4 Å². The number of nitrogens with zero attached hydrogens (tertiary/aromatic N) is 2. The van der Waals surface area contributed by atoms with E-state index in [0.29, 0.717) is 34.2 Å². The molecule has 48 heavy (non-hydrogen) atoms. The van der Waals surface area contributed by atoms with Gasteiger partial charge in [-0.1, -0.05) is 117 Å². The Balaban J connectivity index is 1.49. The number of aliphatic imine (C=N–C) groups is 1. The molecule has 1 atom stereocenters. The molecule has 0 radical (unpaired) electrons. The largest absolute Gasteiger partial charge is 0.483 e. The third kappa shape index (κ3) is 6.86. The number of para-hydroxylation sites is 2. The summed E-state index contributed by atoms with van der Waals surface area (Å²) in [5.41, 5.74) is 4.57. The standard InChI is InChI=1S/C41H48ClN3O3/c1-10-40(6,7)27-21-23-33(29(24-27)41(8,9)11-2)48-25-34(46)43-30-18-14-15-19-31(30)45-32-22-20-26-16-12-13-17-28(26)36(32)44-37(39(3,4)5)35(42)38(45)47/h12-24,35H,10-11,25H2,1-9H3,(H,43,46). The first-order chi connectivity index (χ1) is 22.6. The summed E-state index contributed by atoms with van der Waals surface area (Å²) < 4.78 is 6.23. The molecule has 0 bridgehead atoms. The van der Waals surface area contributed by atoms with E-state index in [2.05, 4.69) is 59.0 Å². The fourth-order valence-corrected chi connectivity index (χ4v) is 6.44. The van der Waals surface area contributed by atoms with Crippen molar-refractivity contribution in [2.45, 2.75) is 91.4 Å². The van der Waals surface area contributed by atoms with Crippen molar-refractivity contribution in [1.29, 1.82) is 0 Å². The summed E-state index contributed by atoms with van der Waals surface area (Å²) in [5.74, 6) is 0.0239. The second-order valence-corrected chi connectivity index (χ2v) is 15.4. The van der Waals surface area contributed by atoms with E-state index in [4.69, 9.17) is 21.3 Å². The number of ether oxygens (including phenoxy) is 1. The summed E-state index contributed by atoms with van der Waals surface area (Å²) in [6.07, 6.45) is 1.93. The van der Waals surface area contributed by atoms with E-state index in [1.807, 2.05) is 81.4 Å². The van der Waals surface area contributed by atoms with E-state index < -0.39 is 10.8 Å². The predicted octanol–water partition coefficient (Wildman–Crippen LogP) is 10.6. The van der Waals surface area contributed by atoms with E-state index in [1.54, 1.807) is 11.0 Å². The Morgan fingerprint density at radius 1 is 0.854 bits per heavy atom. The van der Waals surface area contributed by atoms with Crippen molar-refractivity contribution in [2.24, 2.45) is 10.4 Å². The van der Waals surface area contributed by atoms with Crippen LogP contribution in [0, 0.1) is 5.41 Å². The number of alkyl halides is 1. The summed E-state index contributed by atoms with van der Waals surface area (Å²) in [5, 5.41) is 3.93. The Labute approximate surface area is 290 Å². The van der Waals surface area contributed by atoms with Gasteiger partial charge in [-0.25, -0.2) is 0 Å². The molecule has 0 aromatic heterocycles. The van der Waals surface area contributed by atoms with E-state index in [9.17, 15) is 9.59 Å². The third-order valence-electron chi connectivity index (χ3n) is 9.83. The minimum absolute atomic E-state index is 0.0224. The van der Waals surface area contributed by atoms with Crippen LogP contribution in [0.3, 0.4) is 0 Å². The highest BCUT2D eigenvalue weighted by Gasteiger charge is 2.39. The van der Waals surface area contributed by atoms with Gasteiger partial charge in [-0.2, -0.15) is 0 Å². The Bertz CT molecular complexity index is 1890. The van der Waals surface area contributed by atoms with Crippen LogP contribution < -0.4 is 15.0 Å². The van der Waals surface area contributed by atoms with Gasteiger partial charge in [0.05, 0.1) is 28.5 Å². The molecule has 1 unspecified atom stereocenters. The highest BCUT2D eigenvalue weighted by atomic mass is 35.5. The Morgan fingerprint density at radius 2 is 1.52 bits per heavy atom. The maximum absolute atomic E-state index is 14.3. The molecule has 0 saturated heterocycles. The zero-order chi connectivity index (χ0) is 35.0. The minimum Gasteiger partial charge on any atom is -0.483 e. The van der Waals surface area contributed by atoms with Crippen molar-refractivity contribution < 1.29 is 14.3 Å². The maximum Gasteiger partial charge on any atom is 0.262 e. The lowest BCUT2D eigenvalue weighted by Gasteiger charge is -2.30. The number of rotatable bonds is 9. The molecule has 4 aromatic rings. The first-order valence-electron chi connectivity index (χ1n) is 16.8. The normalized spacial score (nSPS) is 15.5. The molecule has 2 amide bonds. The first-order valence-corrected chi connectivity index (χ1v) is 17.3. The fraction of sp³-hybridized carbons (Fsp3) is 0.390. The number of fused-ring (bicyclic) bond motifs is 3. The number of carbonyl (C=O) groups excluding carboxylic acids is 2. The molecule has 7 heteroatoms. The van der Waals surface area contributed by atoms with Crippen LogP contribution in [0.25, 0.3) is 10.8 Å². The maximum atomic E-state index is 14.3. The van der Waals surface area contributed by atoms with Gasteiger partial charge in [0.1, 0.15) is 5.75 Å². The molecule has 1 N–H and O–H groups in total. The van der Waals surface area contributed by atoms with E-state index in [1.165, 1.54) is 5.56 Å². The van der Waals surface area contributed by atoms with Crippen LogP contribution in [0.15, 0.2) is 83.9 Å². The van der Waals surface area contributed by atoms with Gasteiger partial charge in [0.2, 0.25) is 0 Å². The number of halogens is 1. The molecule has 0 saturated carbocycles. The Morgan fingerprint density at radius 3 is 2.21 bits per heavy atom. The van der Waals surface area contributed by atoms with Crippen LogP contribution >= 0.6 is 11.6 Å². The first kappa shape index (κ1) is 35.2. The van der Waals surface area contributed by atoms with E-state index in [0.717, 1.165) is 29.2 Å². The lowest BCUT2D eigenvalue weighted by Crippen LogP contribution is -2.41. The number of amides is 2. The lowest BCUT2D eigenvalue weighted by atomic mass is 9.76. The smallest absolute Gasteiger partial charge is 0.262 e. The van der Waals surface area contributed by atoms with Crippen LogP contribution in [-0.4, -0.2) is 29.5 Å². The summed E-state index contributed by atoms with van der Waals surface area (Å²) in [4.78, 5) is 34.5. The van der Waals surface area contributed by atoms with Gasteiger partial charge in [0.15, 0.2) is 12.0 Å². The highest BCUT2D eigenvalue weighted by molar-refractivity contribution is 6.46. The molecule has 4 aromatic carbocycles. The highest BCUT2D eigenvalue weighted by Crippen LogP contribution is 2.46. The van der Waals surface area contributed by atoms with Crippen molar-refractivity contribution in [3.05, 3.63) is 90.0 Å². The average molecular weight is 666 g/mol. The molecular formula is C41H48ClN3O3. The zero-order valence-electron chi connectivity index (χ0n) is 29.7. The average Bonchev–Trinajstić information content (AvgIpc) is 3.17. The Hall–Kier alpha value is -4.16. The molecule has 1 aliphatic rings. The summed E-state index contributed by atoms with van der Waals surface area (Å²) >= 11 is 6.97. The molecule has 1 aliphatic heterocycles. The van der Waals surface area contributed by atoms with Gasteiger partial charge in [0.25, 0.3) is 11.8 Å². The van der Waals surface area contributed by atoms with Crippen molar-refractivity contribution in [3.63, 3.8) is 0 Å². The van der Waals surface area contributed by atoms with Crippen LogP contribution in [0.1, 0.15) is 86.3 Å². The van der Waals surface area contributed by atoms with Gasteiger partial charge in [-0.05, 0) is 58.9 Å². The fourth-order valence-electron chi connectivity index (χ4n) is 5.97. The molecule has 5 rings (SSSR count). The quantitative estimate of drug-likeness (QED) is 0.181. The molecule has 1 heterocycles. The van der Waals surface area contributed by atoms with E-state index in [-0.39, 0.29) is 29.3 Å². The van der Waals surface area contributed by atoms with Gasteiger partial charge >= 0.3 is 0 Å². The molecule has 0 spiro atoms. The second kappa shape index (κ2) is 13.4.